The molecule has 6 heteroatoms. The summed E-state index contributed by atoms with van der Waals surface area (Å²) in [5, 5.41) is 9.13. The van der Waals surface area contributed by atoms with Crippen molar-refractivity contribution in [1.29, 1.82) is 0 Å². The van der Waals surface area contributed by atoms with Gasteiger partial charge in [-0.05, 0) is 49.8 Å². The average molecular weight is 375 g/mol. The van der Waals surface area contributed by atoms with E-state index in [0.29, 0.717) is 11.8 Å². The lowest BCUT2D eigenvalue weighted by Gasteiger charge is -2.28. The first kappa shape index (κ1) is 17.4. The van der Waals surface area contributed by atoms with E-state index in [2.05, 4.69) is 44.0 Å². The number of hydrogen-bond acceptors (Lipinski definition) is 5. The molecule has 0 radical (unpaired) electrons. The lowest BCUT2D eigenvalue weighted by Crippen LogP contribution is -2.25. The molecule has 1 aromatic carbocycles. The summed E-state index contributed by atoms with van der Waals surface area (Å²) in [7, 11) is 0. The van der Waals surface area contributed by atoms with Gasteiger partial charge in [0.25, 0.3) is 0 Å². The molecule has 2 N–H and O–H groups in total. The molecule has 0 bridgehead atoms. The molecule has 3 aromatic rings. The van der Waals surface area contributed by atoms with Crippen LogP contribution in [0.25, 0.3) is 5.69 Å². The van der Waals surface area contributed by atoms with Crippen molar-refractivity contribution in [2.75, 3.05) is 0 Å². The number of rotatable bonds is 3. The lowest BCUT2D eigenvalue weighted by atomic mass is 9.86. The number of aromatic nitrogens is 4. The van der Waals surface area contributed by atoms with Crippen LogP contribution >= 0.6 is 0 Å². The quantitative estimate of drug-likeness (QED) is 0.760. The first-order chi connectivity index (χ1) is 13.8. The van der Waals surface area contributed by atoms with Crippen LogP contribution in [0, 0.1) is 0 Å². The molecular weight excluding hydrogens is 350 g/mol. The molecule has 2 aliphatic rings. The third-order valence-electron chi connectivity index (χ3n) is 5.88. The smallest absolute Gasteiger partial charge is 0.213 e. The molecule has 1 unspecified atom stereocenters. The van der Waals surface area contributed by atoms with E-state index in [4.69, 9.17) is 10.5 Å². The van der Waals surface area contributed by atoms with E-state index in [-0.39, 0.29) is 12.1 Å². The van der Waals surface area contributed by atoms with E-state index in [9.17, 15) is 0 Å². The Morgan fingerprint density at radius 2 is 1.75 bits per heavy atom. The van der Waals surface area contributed by atoms with Gasteiger partial charge in [0.05, 0.1) is 5.69 Å². The highest BCUT2D eigenvalue weighted by atomic mass is 16.5. The lowest BCUT2D eigenvalue weighted by molar-refractivity contribution is 0.139. The zero-order valence-corrected chi connectivity index (χ0v) is 15.9. The molecule has 6 nitrogen and oxygen atoms in total. The number of nitrogens with two attached hydrogens (primary N) is 1. The molecule has 0 saturated heterocycles. The molecule has 0 spiro atoms. The van der Waals surface area contributed by atoms with Crippen molar-refractivity contribution >= 4 is 0 Å². The van der Waals surface area contributed by atoms with Crippen molar-refractivity contribution < 1.29 is 4.74 Å². The summed E-state index contributed by atoms with van der Waals surface area (Å²) in [5.41, 5.74) is 8.81. The molecule has 28 heavy (non-hydrogen) atoms. The van der Waals surface area contributed by atoms with E-state index in [1.54, 1.807) is 6.20 Å². The van der Waals surface area contributed by atoms with Gasteiger partial charge in [0.15, 0.2) is 0 Å². The number of pyridine rings is 1. The van der Waals surface area contributed by atoms with E-state index in [0.717, 1.165) is 50.2 Å². The molecule has 1 aliphatic carbocycles. The van der Waals surface area contributed by atoms with Crippen LogP contribution in [0.4, 0.5) is 0 Å². The minimum Gasteiger partial charge on any atom is -0.474 e. The summed E-state index contributed by atoms with van der Waals surface area (Å²) < 4.78 is 8.32. The molecule has 0 amide bonds. The summed E-state index contributed by atoms with van der Waals surface area (Å²) in [6.07, 6.45) is 7.74. The fraction of sp³-hybridized carbons (Fsp3) is 0.409. The molecule has 1 atom stereocenters. The number of para-hydroxylation sites is 1. The average Bonchev–Trinajstić information content (AvgIpc) is 3.06. The van der Waals surface area contributed by atoms with Crippen molar-refractivity contribution in [2.24, 2.45) is 5.73 Å². The van der Waals surface area contributed by atoms with Gasteiger partial charge < -0.3 is 10.5 Å². The summed E-state index contributed by atoms with van der Waals surface area (Å²) in [5.74, 6) is 3.17. The minimum atomic E-state index is 0.0851. The molecule has 1 saturated carbocycles. The number of nitrogens with zero attached hydrogens (tertiary/aromatic N) is 4. The van der Waals surface area contributed by atoms with Crippen LogP contribution in [0.5, 0.6) is 5.88 Å². The van der Waals surface area contributed by atoms with Crippen LogP contribution in [0.1, 0.15) is 48.8 Å². The molecule has 144 valence electrons. The molecule has 1 aliphatic heterocycles. The van der Waals surface area contributed by atoms with E-state index in [1.165, 1.54) is 11.3 Å². The fourth-order valence-corrected chi connectivity index (χ4v) is 4.51. The van der Waals surface area contributed by atoms with Gasteiger partial charge in [0.2, 0.25) is 5.88 Å². The van der Waals surface area contributed by atoms with Gasteiger partial charge in [0, 0.05) is 30.6 Å². The normalized spacial score (nSPS) is 24.1. The number of hydrogen-bond donors (Lipinski definition) is 1. The summed E-state index contributed by atoms with van der Waals surface area (Å²) >= 11 is 0. The summed E-state index contributed by atoms with van der Waals surface area (Å²) in [6, 6.07) is 14.4. The van der Waals surface area contributed by atoms with Crippen molar-refractivity contribution in [3.05, 3.63) is 65.9 Å². The maximum atomic E-state index is 6.34. The first-order valence-corrected chi connectivity index (χ1v) is 10.1. The largest absolute Gasteiger partial charge is 0.474 e. The first-order valence-electron chi connectivity index (χ1n) is 10.1. The predicted octanol–water partition coefficient (Wildman–Crippen LogP) is 3.19. The standard InChI is InChI=1S/C22H25N5O/c23-17-13-16-5-1-2-6-19(16)27-20(14-17)25-26-22(27)15-8-10-18(11-9-15)28-21-7-3-4-12-24-21/h1-7,12,15,17-18H,8-11,13-14,23H2/t15-,17?,18-. The van der Waals surface area contributed by atoms with Gasteiger partial charge in [-0.3, -0.25) is 4.57 Å². The Hall–Kier alpha value is -2.73. The SMILES string of the molecule is NC1Cc2ccccc2-n2c(nnc2[C@H]2CC[C@H](Oc3ccccn3)CC2)C1. The van der Waals surface area contributed by atoms with Gasteiger partial charge >= 0.3 is 0 Å². The Bertz CT molecular complexity index is 947. The van der Waals surface area contributed by atoms with Crippen LogP contribution < -0.4 is 10.5 Å². The molecular formula is C22H25N5O. The highest BCUT2D eigenvalue weighted by molar-refractivity contribution is 5.45. The summed E-state index contributed by atoms with van der Waals surface area (Å²) in [4.78, 5) is 4.28. The van der Waals surface area contributed by atoms with Gasteiger partial charge in [-0.15, -0.1) is 10.2 Å². The zero-order chi connectivity index (χ0) is 18.9. The van der Waals surface area contributed by atoms with Crippen molar-refractivity contribution in [2.45, 2.75) is 56.6 Å². The number of benzene rings is 1. The third-order valence-corrected chi connectivity index (χ3v) is 5.88. The predicted molar refractivity (Wildman–Crippen MR) is 107 cm³/mol. The van der Waals surface area contributed by atoms with Crippen LogP contribution in [0.15, 0.2) is 48.7 Å². The van der Waals surface area contributed by atoms with E-state index >= 15 is 0 Å². The Labute approximate surface area is 164 Å². The zero-order valence-electron chi connectivity index (χ0n) is 15.9. The van der Waals surface area contributed by atoms with E-state index < -0.39 is 0 Å². The third kappa shape index (κ3) is 3.29. The van der Waals surface area contributed by atoms with Crippen LogP contribution in [0.3, 0.4) is 0 Å². The van der Waals surface area contributed by atoms with Crippen molar-refractivity contribution in [3.63, 3.8) is 0 Å². The van der Waals surface area contributed by atoms with Crippen molar-refractivity contribution in [3.8, 4) is 11.6 Å². The highest BCUT2D eigenvalue weighted by Gasteiger charge is 2.30. The van der Waals surface area contributed by atoms with Crippen LogP contribution in [0.2, 0.25) is 0 Å². The van der Waals surface area contributed by atoms with Crippen LogP contribution in [-0.2, 0) is 12.8 Å². The van der Waals surface area contributed by atoms with Crippen LogP contribution in [-0.4, -0.2) is 31.9 Å². The Morgan fingerprint density at radius 3 is 2.57 bits per heavy atom. The molecule has 1 fully saturated rings. The molecule has 3 heterocycles. The minimum absolute atomic E-state index is 0.0851. The number of ether oxygens (including phenoxy) is 1. The second kappa shape index (κ2) is 7.36. The van der Waals surface area contributed by atoms with Gasteiger partial charge in [0.1, 0.15) is 17.8 Å². The van der Waals surface area contributed by atoms with Crippen molar-refractivity contribution in [1.82, 2.24) is 19.7 Å². The Kier molecular flexibility index (Phi) is 4.56. The Morgan fingerprint density at radius 1 is 0.929 bits per heavy atom. The van der Waals surface area contributed by atoms with Gasteiger partial charge in [-0.2, -0.15) is 0 Å². The molecule has 5 rings (SSSR count). The second-order valence-electron chi connectivity index (χ2n) is 7.87. The summed E-state index contributed by atoms with van der Waals surface area (Å²) in [6.45, 7) is 0. The molecule has 2 aromatic heterocycles. The highest BCUT2D eigenvalue weighted by Crippen LogP contribution is 2.36. The maximum absolute atomic E-state index is 6.34. The topological polar surface area (TPSA) is 78.9 Å². The Balaban J connectivity index is 1.37. The maximum Gasteiger partial charge on any atom is 0.213 e. The van der Waals surface area contributed by atoms with E-state index in [1.807, 2.05) is 18.2 Å². The number of fused-ring (bicyclic) bond motifs is 3. The second-order valence-corrected chi connectivity index (χ2v) is 7.87. The monoisotopic (exact) mass is 375 g/mol. The van der Waals surface area contributed by atoms with Gasteiger partial charge in [-0.1, -0.05) is 24.3 Å². The fourth-order valence-electron chi connectivity index (χ4n) is 4.51. The van der Waals surface area contributed by atoms with Gasteiger partial charge in [-0.25, -0.2) is 4.98 Å².